The Morgan fingerprint density at radius 1 is 1.39 bits per heavy atom. The Bertz CT molecular complexity index is 360. The van der Waals surface area contributed by atoms with Gasteiger partial charge in [-0.15, -0.1) is 0 Å². The van der Waals surface area contributed by atoms with Crippen molar-refractivity contribution in [3.05, 3.63) is 0 Å². The van der Waals surface area contributed by atoms with E-state index in [-0.39, 0.29) is 11.2 Å². The van der Waals surface area contributed by atoms with Crippen LogP contribution in [0.15, 0.2) is 0 Å². The van der Waals surface area contributed by atoms with Crippen LogP contribution in [-0.4, -0.2) is 39.7 Å². The summed E-state index contributed by atoms with van der Waals surface area (Å²) >= 11 is 4.57. The molecule has 0 radical (unpaired) electrons. The van der Waals surface area contributed by atoms with E-state index in [4.69, 9.17) is 0 Å². The predicted octanol–water partition coefficient (Wildman–Crippen LogP) is 1.94. The van der Waals surface area contributed by atoms with E-state index in [1.807, 2.05) is 6.92 Å². The second-order valence-electron chi connectivity index (χ2n) is 5.41. The lowest BCUT2D eigenvalue weighted by Crippen LogP contribution is -2.50. The number of amides is 1. The first-order chi connectivity index (χ1) is 8.53. The number of carbonyl (C=O) groups excluding carboxylic acids is 1. The van der Waals surface area contributed by atoms with Gasteiger partial charge in [-0.2, -0.15) is 12.6 Å². The zero-order valence-electron chi connectivity index (χ0n) is 10.8. The van der Waals surface area contributed by atoms with Crippen LogP contribution >= 0.6 is 12.6 Å². The van der Waals surface area contributed by atoms with Crippen LogP contribution in [0.2, 0.25) is 0 Å². The highest BCUT2D eigenvalue weighted by Gasteiger charge is 2.50. The fourth-order valence-electron chi connectivity index (χ4n) is 3.42. The maximum atomic E-state index is 12.7. The van der Waals surface area contributed by atoms with Crippen molar-refractivity contribution in [3.8, 4) is 0 Å². The standard InChI is InChI=1S/C13H21NO3S/c1-2-13(7-3-6-10(13)18)12(17)14-8-4-5-9(14)11(15)16/h9-10,18H,2-8H2,1H3,(H,15,16)/t9-,10?,13?/m0/s1. The van der Waals surface area contributed by atoms with Gasteiger partial charge in [0.2, 0.25) is 5.91 Å². The molecule has 1 heterocycles. The molecule has 2 unspecified atom stereocenters. The lowest BCUT2D eigenvalue weighted by Gasteiger charge is -2.36. The summed E-state index contributed by atoms with van der Waals surface area (Å²) in [5.74, 6) is -0.854. The minimum Gasteiger partial charge on any atom is -0.480 e. The van der Waals surface area contributed by atoms with E-state index in [1.165, 1.54) is 0 Å². The molecule has 5 heteroatoms. The Balaban J connectivity index is 2.22. The maximum Gasteiger partial charge on any atom is 0.326 e. The fraction of sp³-hybridized carbons (Fsp3) is 0.846. The summed E-state index contributed by atoms with van der Waals surface area (Å²) in [6.45, 7) is 2.59. The molecule has 0 aromatic carbocycles. The van der Waals surface area contributed by atoms with Crippen LogP contribution in [0.5, 0.6) is 0 Å². The second-order valence-corrected chi connectivity index (χ2v) is 6.04. The van der Waals surface area contributed by atoms with Crippen LogP contribution in [0.3, 0.4) is 0 Å². The van der Waals surface area contributed by atoms with Crippen LogP contribution < -0.4 is 0 Å². The van der Waals surface area contributed by atoms with Crippen molar-refractivity contribution in [3.63, 3.8) is 0 Å². The van der Waals surface area contributed by atoms with E-state index >= 15 is 0 Å². The first-order valence-electron chi connectivity index (χ1n) is 6.75. The molecule has 0 aromatic heterocycles. The topological polar surface area (TPSA) is 57.6 Å². The second kappa shape index (κ2) is 5.11. The molecule has 3 atom stereocenters. The molecule has 4 nitrogen and oxygen atoms in total. The van der Waals surface area contributed by atoms with Crippen molar-refractivity contribution >= 4 is 24.5 Å². The van der Waals surface area contributed by atoms with Crippen molar-refractivity contribution in [2.24, 2.45) is 5.41 Å². The van der Waals surface area contributed by atoms with Gasteiger partial charge in [0.25, 0.3) is 0 Å². The number of rotatable bonds is 3. The summed E-state index contributed by atoms with van der Waals surface area (Å²) in [5, 5.41) is 9.26. The quantitative estimate of drug-likeness (QED) is 0.771. The normalized spacial score (nSPS) is 36.0. The van der Waals surface area contributed by atoms with Crippen LogP contribution in [0.25, 0.3) is 0 Å². The Kier molecular flexibility index (Phi) is 3.90. The number of thiol groups is 1. The first-order valence-corrected chi connectivity index (χ1v) is 7.26. The minimum atomic E-state index is -0.874. The zero-order valence-corrected chi connectivity index (χ0v) is 11.7. The van der Waals surface area contributed by atoms with Gasteiger partial charge in [0.15, 0.2) is 0 Å². The predicted molar refractivity (Wildman–Crippen MR) is 71.7 cm³/mol. The van der Waals surface area contributed by atoms with Crippen molar-refractivity contribution in [1.82, 2.24) is 4.90 Å². The van der Waals surface area contributed by atoms with Crippen LogP contribution in [0.1, 0.15) is 45.4 Å². The van der Waals surface area contributed by atoms with Gasteiger partial charge < -0.3 is 10.0 Å². The summed E-state index contributed by atoms with van der Waals surface area (Å²) in [7, 11) is 0. The largest absolute Gasteiger partial charge is 0.480 e. The number of aliphatic carboxylic acids is 1. The molecule has 102 valence electrons. The van der Waals surface area contributed by atoms with Gasteiger partial charge in [0.1, 0.15) is 6.04 Å². The number of carbonyl (C=O) groups is 2. The molecule has 2 fully saturated rings. The molecule has 18 heavy (non-hydrogen) atoms. The SMILES string of the molecule is CCC1(C(=O)N2CCC[C@H]2C(=O)O)CCCC1S. The molecule has 0 aromatic rings. The van der Waals surface area contributed by atoms with Gasteiger partial charge in [0, 0.05) is 11.8 Å². The van der Waals surface area contributed by atoms with Gasteiger partial charge in [-0.1, -0.05) is 13.3 Å². The van der Waals surface area contributed by atoms with Gasteiger partial charge >= 0.3 is 5.97 Å². The van der Waals surface area contributed by atoms with E-state index in [0.29, 0.717) is 13.0 Å². The Labute approximate surface area is 113 Å². The summed E-state index contributed by atoms with van der Waals surface area (Å²) in [6.07, 6.45) is 4.94. The molecule has 0 spiro atoms. The third-order valence-corrected chi connectivity index (χ3v) is 5.35. The zero-order chi connectivity index (χ0) is 13.3. The van der Waals surface area contributed by atoms with Crippen molar-refractivity contribution in [2.45, 2.75) is 56.7 Å². The smallest absolute Gasteiger partial charge is 0.326 e. The number of hydrogen-bond acceptors (Lipinski definition) is 3. The van der Waals surface area contributed by atoms with Crippen molar-refractivity contribution < 1.29 is 14.7 Å². The van der Waals surface area contributed by atoms with Crippen LogP contribution in [-0.2, 0) is 9.59 Å². The summed E-state index contributed by atoms with van der Waals surface area (Å²) in [5.41, 5.74) is -0.429. The van der Waals surface area contributed by atoms with E-state index in [9.17, 15) is 14.7 Å². The van der Waals surface area contributed by atoms with Crippen molar-refractivity contribution in [2.75, 3.05) is 6.54 Å². The summed E-state index contributed by atoms with van der Waals surface area (Å²) in [4.78, 5) is 25.5. The fourth-order valence-corrected chi connectivity index (χ4v) is 4.02. The molecule has 1 amide bonds. The molecular weight excluding hydrogens is 250 g/mol. The average Bonchev–Trinajstić information content (AvgIpc) is 2.94. The number of hydrogen-bond donors (Lipinski definition) is 2. The monoisotopic (exact) mass is 271 g/mol. The van der Waals surface area contributed by atoms with E-state index in [1.54, 1.807) is 4.90 Å². The number of nitrogens with zero attached hydrogens (tertiary/aromatic N) is 1. The lowest BCUT2D eigenvalue weighted by atomic mass is 9.81. The van der Waals surface area contributed by atoms with Crippen LogP contribution in [0.4, 0.5) is 0 Å². The lowest BCUT2D eigenvalue weighted by molar-refractivity contribution is -0.153. The molecule has 1 aliphatic heterocycles. The molecular formula is C13H21NO3S. The van der Waals surface area contributed by atoms with Gasteiger partial charge in [-0.3, -0.25) is 4.79 Å². The number of carboxylic acid groups (broad SMARTS) is 1. The molecule has 1 saturated heterocycles. The molecule has 2 aliphatic rings. The van der Waals surface area contributed by atoms with E-state index in [2.05, 4.69) is 12.6 Å². The first kappa shape index (κ1) is 13.7. The maximum absolute atomic E-state index is 12.7. The average molecular weight is 271 g/mol. The van der Waals surface area contributed by atoms with Gasteiger partial charge in [-0.05, 0) is 32.1 Å². The highest BCUT2D eigenvalue weighted by Crippen LogP contribution is 2.46. The Hall–Kier alpha value is -0.710. The van der Waals surface area contributed by atoms with E-state index < -0.39 is 17.4 Å². The summed E-state index contributed by atoms with van der Waals surface area (Å²) < 4.78 is 0. The highest BCUT2D eigenvalue weighted by molar-refractivity contribution is 7.81. The highest BCUT2D eigenvalue weighted by atomic mass is 32.1. The minimum absolute atomic E-state index is 0.0207. The molecule has 1 saturated carbocycles. The Morgan fingerprint density at radius 2 is 2.11 bits per heavy atom. The molecule has 1 N–H and O–H groups in total. The van der Waals surface area contributed by atoms with Crippen molar-refractivity contribution in [1.29, 1.82) is 0 Å². The number of carboxylic acids is 1. The molecule has 2 rings (SSSR count). The summed E-state index contributed by atoms with van der Waals surface area (Å²) in [6, 6.07) is -0.623. The van der Waals surface area contributed by atoms with Gasteiger partial charge in [0.05, 0.1) is 5.41 Å². The molecule has 1 aliphatic carbocycles. The molecule has 0 bridgehead atoms. The third kappa shape index (κ3) is 2.02. The van der Waals surface area contributed by atoms with Gasteiger partial charge in [-0.25, -0.2) is 4.79 Å². The Morgan fingerprint density at radius 3 is 2.61 bits per heavy atom. The van der Waals surface area contributed by atoms with Crippen LogP contribution in [0, 0.1) is 5.41 Å². The number of likely N-dealkylation sites (tertiary alicyclic amines) is 1. The third-order valence-electron chi connectivity index (χ3n) is 4.59. The van der Waals surface area contributed by atoms with E-state index in [0.717, 1.165) is 32.1 Å².